The molecule has 0 aliphatic heterocycles. The lowest BCUT2D eigenvalue weighted by molar-refractivity contribution is -0.767. The van der Waals surface area contributed by atoms with Gasteiger partial charge in [0.1, 0.15) is 6.10 Å². The molecular formula is C7H13NO6. The van der Waals surface area contributed by atoms with Crippen molar-refractivity contribution in [3.8, 4) is 0 Å². The van der Waals surface area contributed by atoms with E-state index >= 15 is 0 Å². The van der Waals surface area contributed by atoms with E-state index in [9.17, 15) is 14.9 Å². The van der Waals surface area contributed by atoms with E-state index in [0.29, 0.717) is 0 Å². The van der Waals surface area contributed by atoms with Crippen LogP contribution < -0.4 is 0 Å². The molecule has 1 atom stereocenters. The first-order chi connectivity index (χ1) is 6.56. The van der Waals surface area contributed by atoms with Crippen molar-refractivity contribution in [2.75, 3.05) is 13.2 Å². The van der Waals surface area contributed by atoms with Crippen LogP contribution in [0.25, 0.3) is 0 Å². The van der Waals surface area contributed by atoms with Gasteiger partial charge >= 0.3 is 6.16 Å². The Morgan fingerprint density at radius 2 is 2.14 bits per heavy atom. The van der Waals surface area contributed by atoms with E-state index < -0.39 is 17.3 Å². The highest BCUT2D eigenvalue weighted by molar-refractivity contribution is 5.59. The summed E-state index contributed by atoms with van der Waals surface area (Å²) in [5.74, 6) is 0. The molecule has 0 saturated carbocycles. The molecule has 0 aromatic heterocycles. The molecule has 0 bridgehead atoms. The van der Waals surface area contributed by atoms with Crippen LogP contribution in [0.3, 0.4) is 0 Å². The second kappa shape index (κ2) is 6.93. The molecule has 0 aliphatic carbocycles. The molecule has 0 fully saturated rings. The molecule has 1 unspecified atom stereocenters. The van der Waals surface area contributed by atoms with Gasteiger partial charge in [0, 0.05) is 6.42 Å². The standard InChI is InChI=1S/C7H13NO6/c1-3-12-7(9)13-5-4-6(2)14-8(10)11/h6H,3-5H2,1-2H3. The van der Waals surface area contributed by atoms with E-state index in [-0.39, 0.29) is 19.6 Å². The highest BCUT2D eigenvalue weighted by Gasteiger charge is 2.08. The summed E-state index contributed by atoms with van der Waals surface area (Å²) in [5.41, 5.74) is 0. The SMILES string of the molecule is CCOC(=O)OCCC(C)O[N+](=O)[O-]. The van der Waals surface area contributed by atoms with Crippen molar-refractivity contribution in [2.45, 2.75) is 26.4 Å². The minimum Gasteiger partial charge on any atom is -0.435 e. The van der Waals surface area contributed by atoms with E-state index in [1.165, 1.54) is 6.92 Å². The smallest absolute Gasteiger partial charge is 0.435 e. The first-order valence-corrected chi connectivity index (χ1v) is 4.17. The highest BCUT2D eigenvalue weighted by atomic mass is 17.0. The van der Waals surface area contributed by atoms with Gasteiger partial charge in [-0.25, -0.2) is 4.79 Å². The number of hydrogen-bond acceptors (Lipinski definition) is 6. The zero-order chi connectivity index (χ0) is 11.0. The topological polar surface area (TPSA) is 87.9 Å². The second-order valence-electron chi connectivity index (χ2n) is 2.46. The Morgan fingerprint density at radius 1 is 1.50 bits per heavy atom. The largest absolute Gasteiger partial charge is 0.508 e. The predicted octanol–water partition coefficient (Wildman–Crippen LogP) is 1.15. The lowest BCUT2D eigenvalue weighted by Crippen LogP contribution is -2.17. The van der Waals surface area contributed by atoms with Crippen LogP contribution in [0, 0.1) is 10.1 Å². The summed E-state index contributed by atoms with van der Waals surface area (Å²) in [7, 11) is 0. The molecular weight excluding hydrogens is 194 g/mol. The Morgan fingerprint density at radius 3 is 2.64 bits per heavy atom. The molecule has 0 radical (unpaired) electrons. The van der Waals surface area contributed by atoms with Gasteiger partial charge in [-0.2, -0.15) is 0 Å². The number of rotatable bonds is 6. The van der Waals surface area contributed by atoms with Crippen LogP contribution >= 0.6 is 0 Å². The minimum absolute atomic E-state index is 0.0356. The van der Waals surface area contributed by atoms with Gasteiger partial charge in [0.05, 0.1) is 13.2 Å². The molecule has 82 valence electrons. The zero-order valence-corrected chi connectivity index (χ0v) is 8.10. The Hall–Kier alpha value is -1.53. The van der Waals surface area contributed by atoms with Crippen molar-refractivity contribution in [1.29, 1.82) is 0 Å². The molecule has 0 N–H and O–H groups in total. The number of hydrogen-bond donors (Lipinski definition) is 0. The van der Waals surface area contributed by atoms with Crippen LogP contribution in [-0.2, 0) is 14.3 Å². The van der Waals surface area contributed by atoms with Gasteiger partial charge in [-0.3, -0.25) is 0 Å². The normalized spacial score (nSPS) is 11.6. The van der Waals surface area contributed by atoms with Crippen molar-refractivity contribution < 1.29 is 24.2 Å². The second-order valence-corrected chi connectivity index (χ2v) is 2.46. The van der Waals surface area contributed by atoms with Gasteiger partial charge in [-0.05, 0) is 13.8 Å². The van der Waals surface area contributed by atoms with E-state index in [2.05, 4.69) is 14.3 Å². The summed E-state index contributed by atoms with van der Waals surface area (Å²) in [6.45, 7) is 3.44. The number of carbonyl (C=O) groups excluding carboxylic acids is 1. The number of carbonyl (C=O) groups is 1. The van der Waals surface area contributed by atoms with E-state index in [0.717, 1.165) is 0 Å². The number of nitrogens with zero attached hydrogens (tertiary/aromatic N) is 1. The zero-order valence-electron chi connectivity index (χ0n) is 8.10. The highest BCUT2D eigenvalue weighted by Crippen LogP contribution is 1.98. The first kappa shape index (κ1) is 12.5. The van der Waals surface area contributed by atoms with Gasteiger partial charge in [0.25, 0.3) is 5.09 Å². The van der Waals surface area contributed by atoms with Crippen LogP contribution in [-0.4, -0.2) is 30.6 Å². The van der Waals surface area contributed by atoms with E-state index in [1.807, 2.05) is 0 Å². The lowest BCUT2D eigenvalue weighted by Gasteiger charge is -2.08. The first-order valence-electron chi connectivity index (χ1n) is 4.17. The quantitative estimate of drug-likeness (QED) is 0.368. The van der Waals surface area contributed by atoms with Gasteiger partial charge in [0.15, 0.2) is 0 Å². The Balaban J connectivity index is 3.43. The summed E-state index contributed by atoms with van der Waals surface area (Å²) in [6, 6.07) is 0. The van der Waals surface area contributed by atoms with Crippen molar-refractivity contribution in [2.24, 2.45) is 0 Å². The average molecular weight is 207 g/mol. The maximum Gasteiger partial charge on any atom is 0.508 e. The number of ether oxygens (including phenoxy) is 2. The Labute approximate surface area is 81.0 Å². The summed E-state index contributed by atoms with van der Waals surface area (Å²) >= 11 is 0. The molecule has 7 heteroatoms. The Kier molecular flexibility index (Phi) is 6.17. The molecule has 7 nitrogen and oxygen atoms in total. The third kappa shape index (κ3) is 7.14. The molecule has 0 spiro atoms. The minimum atomic E-state index is -0.880. The lowest BCUT2D eigenvalue weighted by atomic mass is 10.3. The van der Waals surface area contributed by atoms with Gasteiger partial charge in [0.2, 0.25) is 0 Å². The summed E-state index contributed by atoms with van der Waals surface area (Å²) in [4.78, 5) is 24.7. The summed E-state index contributed by atoms with van der Waals surface area (Å²) < 4.78 is 9.04. The maximum atomic E-state index is 10.6. The van der Waals surface area contributed by atoms with Crippen molar-refractivity contribution in [3.05, 3.63) is 10.1 Å². The molecule has 0 aromatic carbocycles. The summed E-state index contributed by atoms with van der Waals surface area (Å²) in [6.07, 6.45) is -1.12. The molecule has 0 aliphatic rings. The molecule has 0 saturated heterocycles. The average Bonchev–Trinajstić information content (AvgIpc) is 2.02. The van der Waals surface area contributed by atoms with Gasteiger partial charge in [-0.1, -0.05) is 0 Å². The fourth-order valence-corrected chi connectivity index (χ4v) is 0.667. The van der Waals surface area contributed by atoms with Crippen LogP contribution in [0.4, 0.5) is 4.79 Å². The van der Waals surface area contributed by atoms with Crippen molar-refractivity contribution in [1.82, 2.24) is 0 Å². The van der Waals surface area contributed by atoms with E-state index in [4.69, 9.17) is 0 Å². The molecule has 0 amide bonds. The molecule has 0 rings (SSSR count). The van der Waals surface area contributed by atoms with Gasteiger partial charge < -0.3 is 14.3 Å². The Bertz CT molecular complexity index is 195. The van der Waals surface area contributed by atoms with Gasteiger partial charge in [-0.15, -0.1) is 10.1 Å². The van der Waals surface area contributed by atoms with Crippen LogP contribution in [0.5, 0.6) is 0 Å². The van der Waals surface area contributed by atoms with Crippen LogP contribution in [0.2, 0.25) is 0 Å². The molecule has 14 heavy (non-hydrogen) atoms. The third-order valence-corrected chi connectivity index (χ3v) is 1.27. The monoisotopic (exact) mass is 207 g/mol. The summed E-state index contributed by atoms with van der Waals surface area (Å²) in [5, 5.41) is 8.98. The fourth-order valence-electron chi connectivity index (χ4n) is 0.667. The fraction of sp³-hybridized carbons (Fsp3) is 0.857. The van der Waals surface area contributed by atoms with Crippen molar-refractivity contribution in [3.63, 3.8) is 0 Å². The van der Waals surface area contributed by atoms with Crippen LogP contribution in [0.15, 0.2) is 0 Å². The predicted molar refractivity (Wildman–Crippen MR) is 45.1 cm³/mol. The third-order valence-electron chi connectivity index (χ3n) is 1.27. The molecule has 0 aromatic rings. The van der Waals surface area contributed by atoms with E-state index in [1.54, 1.807) is 6.92 Å². The molecule has 0 heterocycles. The van der Waals surface area contributed by atoms with Crippen LogP contribution in [0.1, 0.15) is 20.3 Å². The maximum absolute atomic E-state index is 10.6. The van der Waals surface area contributed by atoms with Crippen molar-refractivity contribution >= 4 is 6.16 Å².